The normalized spacial score (nSPS) is 47.4. The Bertz CT molecular complexity index is 3100. The summed E-state index contributed by atoms with van der Waals surface area (Å²) < 4.78 is 0. The number of carbonyl (C=O) groups excluding carboxylic acids is 1. The molecule has 0 bridgehead atoms. The number of fused-ring (bicyclic) bond motifs is 20. The summed E-state index contributed by atoms with van der Waals surface area (Å²) in [6.07, 6.45) is 76.4. The van der Waals surface area contributed by atoms with Gasteiger partial charge in [-0.05, 0) is 452 Å². The highest BCUT2D eigenvalue weighted by atomic mass is 16.1. The van der Waals surface area contributed by atoms with Gasteiger partial charge < -0.3 is 5.32 Å². The third-order valence-corrected chi connectivity index (χ3v) is 45.6. The molecule has 0 spiro atoms. The van der Waals surface area contributed by atoms with Crippen LogP contribution in [-0.2, 0) is 4.79 Å². The van der Waals surface area contributed by atoms with Crippen molar-refractivity contribution in [3.63, 3.8) is 0 Å². The number of nitrogens with one attached hydrogen (secondary N) is 1. The van der Waals surface area contributed by atoms with Crippen LogP contribution in [0.5, 0.6) is 0 Å². The van der Waals surface area contributed by atoms with Gasteiger partial charge in [-0.15, -0.1) is 0 Å². The molecule has 1 unspecified atom stereocenters. The van der Waals surface area contributed by atoms with E-state index in [1.54, 1.807) is 161 Å². The van der Waals surface area contributed by atoms with Crippen molar-refractivity contribution in [1.29, 1.82) is 0 Å². The van der Waals surface area contributed by atoms with Crippen molar-refractivity contribution >= 4 is 5.91 Å². The first-order chi connectivity index (χ1) is 56.0. The van der Waals surface area contributed by atoms with Gasteiger partial charge in [0.25, 0.3) is 0 Å². The smallest absolute Gasteiger partial charge is 0.217 e. The van der Waals surface area contributed by atoms with Gasteiger partial charge in [-0.1, -0.05) is 262 Å². The van der Waals surface area contributed by atoms with Crippen molar-refractivity contribution in [3.05, 3.63) is 0 Å². The lowest BCUT2D eigenvalue weighted by Gasteiger charge is -2.61. The third kappa shape index (κ3) is 19.2. The molecule has 16 rings (SSSR count). The van der Waals surface area contributed by atoms with E-state index in [1.807, 2.05) is 0 Å². The number of hydrogen-bond donors (Lipinski definition) is 1. The molecule has 16 aliphatic carbocycles. The SMILES string of the molecule is CC(=O)N[C@@H]1CC[C@@]2(C)[C@@H](CC[C@@H]3[C@@H]2CC[C@]2(C)[C@@H](C(C)CCCC(C)C)CC[C@@H]32)C1.CC(C)CCC[C@@H](C)[C@H]1CC[C@H]2[C@@H]3CC[C@H]4C[C@H](C)CC[C@]4(C)[C@H]3CC[C@]12C.CCC[C@@H]1CC[C@@]2(C)[C@@H](CC[C@@H]3[C@@H]2CC[C@]2(C)[C@@H]([C@H](C)CCCC(C)C)CC[C@@H]32)C1.CC[C@@H]1CC[C@@]2(C)[C@@H](CC[C@@H]3[C@@H]2CC[C@]2(C)[C@@H]([C@H](C)CCCC(C)C)CC[C@@H]32)C1. The maximum Gasteiger partial charge on any atom is 0.217 e. The van der Waals surface area contributed by atoms with E-state index in [0.717, 1.165) is 183 Å². The van der Waals surface area contributed by atoms with Crippen LogP contribution < -0.4 is 5.32 Å². The summed E-state index contributed by atoms with van der Waals surface area (Å²) >= 11 is 0. The van der Waals surface area contributed by atoms with E-state index in [2.05, 4.69) is 165 Å². The average molecular weight is 1630 g/mol. The zero-order chi connectivity index (χ0) is 84.8. The number of carbonyl (C=O) groups is 1. The summed E-state index contributed by atoms with van der Waals surface area (Å²) in [5, 5.41) is 3.25. The van der Waals surface area contributed by atoms with Gasteiger partial charge in [-0.3, -0.25) is 4.79 Å². The van der Waals surface area contributed by atoms with E-state index in [1.165, 1.54) is 173 Å². The lowest BCUT2D eigenvalue weighted by molar-refractivity contribution is -0.126. The van der Waals surface area contributed by atoms with Crippen molar-refractivity contribution in [2.45, 2.75) is 500 Å². The Balaban J connectivity index is 0.000000136. The summed E-state index contributed by atoms with van der Waals surface area (Å²) in [4.78, 5) is 11.6. The van der Waals surface area contributed by atoms with Gasteiger partial charge in [0.2, 0.25) is 5.91 Å². The zero-order valence-electron chi connectivity index (χ0n) is 83.9. The Morgan fingerprint density at radius 3 is 0.873 bits per heavy atom. The molecule has 0 aromatic carbocycles. The second kappa shape index (κ2) is 39.4. The summed E-state index contributed by atoms with van der Waals surface area (Å²) in [7, 11) is 0. The van der Waals surface area contributed by atoms with Crippen LogP contribution in [0.4, 0.5) is 0 Å². The highest BCUT2D eigenvalue weighted by Gasteiger charge is 2.66. The Kier molecular flexibility index (Phi) is 31.8. The molecule has 36 atom stereocenters. The molecule has 0 radical (unpaired) electrons. The second-order valence-corrected chi connectivity index (χ2v) is 53.3. The van der Waals surface area contributed by atoms with E-state index in [-0.39, 0.29) is 5.91 Å². The minimum absolute atomic E-state index is 0.162. The average Bonchev–Trinajstić information content (AvgIpc) is 1.40. The second-order valence-electron chi connectivity index (χ2n) is 53.3. The first-order valence-electron chi connectivity index (χ1n) is 55.3. The zero-order valence-corrected chi connectivity index (χ0v) is 83.9. The summed E-state index contributed by atoms with van der Waals surface area (Å²) in [6, 6.07) is 0.434. The van der Waals surface area contributed by atoms with Gasteiger partial charge in [-0.25, -0.2) is 0 Å². The maximum atomic E-state index is 11.6. The molecule has 2 heteroatoms. The molecule has 682 valence electrons. The van der Waals surface area contributed by atoms with Gasteiger partial charge in [-0.2, -0.15) is 0 Å². The molecule has 0 aliphatic heterocycles. The molecule has 0 heterocycles. The Morgan fingerprint density at radius 2 is 0.568 bits per heavy atom. The fourth-order valence-corrected chi connectivity index (χ4v) is 39.0. The van der Waals surface area contributed by atoms with Gasteiger partial charge in [0, 0.05) is 13.0 Å². The molecule has 1 N–H and O–H groups in total. The van der Waals surface area contributed by atoms with E-state index >= 15 is 0 Å². The van der Waals surface area contributed by atoms with E-state index < -0.39 is 0 Å². The summed E-state index contributed by atoms with van der Waals surface area (Å²) in [6.45, 7) is 60.5. The molecular formula is C116H207NO. The largest absolute Gasteiger partial charge is 0.354 e. The minimum atomic E-state index is 0.162. The molecule has 0 aromatic rings. The van der Waals surface area contributed by atoms with Gasteiger partial charge in [0.05, 0.1) is 0 Å². The Morgan fingerprint density at radius 1 is 0.297 bits per heavy atom. The van der Waals surface area contributed by atoms with Crippen LogP contribution >= 0.6 is 0 Å². The number of amides is 1. The quantitative estimate of drug-likeness (QED) is 0.103. The fourth-order valence-electron chi connectivity index (χ4n) is 39.0. The minimum Gasteiger partial charge on any atom is -0.354 e. The van der Waals surface area contributed by atoms with Gasteiger partial charge >= 0.3 is 0 Å². The molecule has 118 heavy (non-hydrogen) atoms. The van der Waals surface area contributed by atoms with E-state index in [9.17, 15) is 4.79 Å². The van der Waals surface area contributed by atoms with Crippen molar-refractivity contribution < 1.29 is 4.79 Å². The standard InChI is InChI=1S/C30H54.C29H51NO.C29H52.C28H50/c1-7-9-23-16-18-29(5)24(20-23)12-13-25-27-15-14-26(22(4)11-8-10-21(2)3)30(27,6)19-17-28(25)29;1-19(2)8-7-9-20(3)25-12-13-26-24-11-10-22-18-23(30-21(4)31)14-16-28(22,5)27(24)15-17-29(25,26)6;1-7-22-15-17-28(5)23(19-22)11-12-24-26-14-13-25(21(4)10-8-9-20(2)3)29(26,6)18-16-27(24)28;1-19(2)8-7-9-21(4)24-12-13-25-23-11-10-22-18-20(3)14-16-27(22,5)26(23)15-17-28(24,25)6/h21-28H,7-20H2,1-6H3;19-20,22-27H,7-18H2,1-6H3,(H,30,31);20-27H,7-19H2,1-6H3;19-26H,7-18H2,1-6H3/t22-,23-,24+,25+,26-,27+,28+,29+,30-;20?,22-,23+,24-,25+,26-,27-,28-,29+;21-,22-,23+,24+,25-,26+,27+,28+,29-;20-,21-,22+,23+,24-,25+,26+,27+,28-/m1011/s1. The van der Waals surface area contributed by atoms with Gasteiger partial charge in [0.15, 0.2) is 0 Å². The number of hydrogen-bond acceptors (Lipinski definition) is 1. The molecule has 0 saturated heterocycles. The van der Waals surface area contributed by atoms with E-state index in [4.69, 9.17) is 0 Å². The van der Waals surface area contributed by atoms with Crippen molar-refractivity contribution in [2.75, 3.05) is 0 Å². The Hall–Kier alpha value is -0.530. The highest BCUT2D eigenvalue weighted by Crippen LogP contribution is 2.74. The maximum absolute atomic E-state index is 11.6. The van der Waals surface area contributed by atoms with Crippen molar-refractivity contribution in [2.24, 2.45) is 227 Å². The number of rotatable bonds is 24. The lowest BCUT2D eigenvalue weighted by Crippen LogP contribution is -2.55. The van der Waals surface area contributed by atoms with E-state index in [0.29, 0.717) is 49.4 Å². The van der Waals surface area contributed by atoms with Crippen LogP contribution in [0.15, 0.2) is 0 Å². The van der Waals surface area contributed by atoms with Crippen LogP contribution in [-0.4, -0.2) is 11.9 Å². The summed E-state index contributed by atoms with van der Waals surface area (Å²) in [5.41, 5.74) is 5.21. The third-order valence-electron chi connectivity index (χ3n) is 45.6. The van der Waals surface area contributed by atoms with Crippen LogP contribution in [0.25, 0.3) is 0 Å². The van der Waals surface area contributed by atoms with Crippen molar-refractivity contribution in [1.82, 2.24) is 5.32 Å². The molecule has 16 aliphatic rings. The molecule has 2 nitrogen and oxygen atoms in total. The predicted octanol–water partition coefficient (Wildman–Crippen LogP) is 35.0. The lowest BCUT2D eigenvalue weighted by atomic mass is 9.44. The Labute approximate surface area is 737 Å². The topological polar surface area (TPSA) is 29.1 Å². The molecular weight excluding hydrogens is 1420 g/mol. The first kappa shape index (κ1) is 95.1. The van der Waals surface area contributed by atoms with Crippen LogP contribution in [0.3, 0.4) is 0 Å². The predicted molar refractivity (Wildman–Crippen MR) is 511 cm³/mol. The summed E-state index contributed by atoms with van der Waals surface area (Å²) in [5.74, 6) is 31.0. The van der Waals surface area contributed by atoms with Crippen LogP contribution in [0, 0.1) is 227 Å². The highest BCUT2D eigenvalue weighted by molar-refractivity contribution is 5.73. The molecule has 16 saturated carbocycles. The monoisotopic (exact) mass is 1630 g/mol. The molecule has 1 amide bonds. The van der Waals surface area contributed by atoms with Crippen molar-refractivity contribution in [3.8, 4) is 0 Å². The first-order valence-corrected chi connectivity index (χ1v) is 55.3. The molecule has 16 fully saturated rings. The molecule has 0 aromatic heterocycles. The van der Waals surface area contributed by atoms with Crippen LogP contribution in [0.2, 0.25) is 0 Å². The van der Waals surface area contributed by atoms with Crippen LogP contribution in [0.1, 0.15) is 494 Å². The fraction of sp³-hybridized carbons (Fsp3) is 0.991. The van der Waals surface area contributed by atoms with Gasteiger partial charge in [0.1, 0.15) is 0 Å².